The summed E-state index contributed by atoms with van der Waals surface area (Å²) < 4.78 is 44.4. The van der Waals surface area contributed by atoms with Crippen molar-refractivity contribution in [3.8, 4) is 5.75 Å². The van der Waals surface area contributed by atoms with Crippen LogP contribution in [0.2, 0.25) is 0 Å². The van der Waals surface area contributed by atoms with Crippen molar-refractivity contribution in [2.75, 3.05) is 13.9 Å². The van der Waals surface area contributed by atoms with Crippen molar-refractivity contribution in [2.24, 2.45) is 0 Å². The second-order valence-electron chi connectivity index (χ2n) is 2.58. The highest BCUT2D eigenvalue weighted by molar-refractivity contribution is 8.13. The minimum atomic E-state index is -4.06. The van der Waals surface area contributed by atoms with E-state index in [1.807, 2.05) is 0 Å². The van der Waals surface area contributed by atoms with Crippen LogP contribution in [0.25, 0.3) is 0 Å². The van der Waals surface area contributed by atoms with Crippen molar-refractivity contribution in [1.29, 1.82) is 0 Å². The molecule has 0 aliphatic heterocycles. The Morgan fingerprint density at radius 3 is 2.60 bits per heavy atom. The van der Waals surface area contributed by atoms with Gasteiger partial charge in [0.05, 0.1) is 0 Å². The molecule has 0 fully saturated rings. The summed E-state index contributed by atoms with van der Waals surface area (Å²) in [6.45, 7) is -0.0492. The monoisotopic (exact) mass is 254 g/mol. The number of rotatable bonds is 4. The molecule has 1 aromatic carbocycles. The number of halogens is 2. The first-order chi connectivity index (χ1) is 6.95. The summed E-state index contributed by atoms with van der Waals surface area (Å²) >= 11 is 0. The largest absolute Gasteiger partial charge is 0.467 e. The van der Waals surface area contributed by atoms with Gasteiger partial charge in [-0.25, -0.2) is 12.8 Å². The number of benzene rings is 1. The molecule has 0 saturated carbocycles. The molecule has 0 N–H and O–H groups in total. The van der Waals surface area contributed by atoms with E-state index in [0.29, 0.717) is 0 Å². The Balaban J connectivity index is 2.99. The average molecular weight is 255 g/mol. The third-order valence-corrected chi connectivity index (χ3v) is 2.86. The first kappa shape index (κ1) is 12.2. The molecule has 0 radical (unpaired) electrons. The van der Waals surface area contributed by atoms with E-state index >= 15 is 0 Å². The van der Waals surface area contributed by atoms with Crippen LogP contribution in [0.15, 0.2) is 23.1 Å². The second-order valence-corrected chi connectivity index (χ2v) is 5.12. The van der Waals surface area contributed by atoms with Gasteiger partial charge in [0, 0.05) is 23.9 Å². The van der Waals surface area contributed by atoms with Gasteiger partial charge >= 0.3 is 0 Å². The number of hydrogen-bond donors (Lipinski definition) is 0. The fraction of sp³-hybridized carbons (Fsp3) is 0.250. The molecule has 15 heavy (non-hydrogen) atoms. The lowest BCUT2D eigenvalue weighted by Crippen LogP contribution is -2.01. The van der Waals surface area contributed by atoms with Crippen molar-refractivity contribution < 1.29 is 22.3 Å². The zero-order chi connectivity index (χ0) is 11.5. The van der Waals surface area contributed by atoms with E-state index in [0.717, 1.165) is 12.1 Å². The molecule has 7 heteroatoms. The van der Waals surface area contributed by atoms with Gasteiger partial charge in [-0.05, 0) is 12.1 Å². The van der Waals surface area contributed by atoms with Gasteiger partial charge in [0.2, 0.25) is 0 Å². The van der Waals surface area contributed by atoms with Gasteiger partial charge in [0.1, 0.15) is 16.5 Å². The van der Waals surface area contributed by atoms with E-state index in [9.17, 15) is 12.8 Å². The first-order valence-corrected chi connectivity index (χ1v) is 6.12. The van der Waals surface area contributed by atoms with E-state index < -0.39 is 19.8 Å². The predicted molar refractivity (Wildman–Crippen MR) is 51.9 cm³/mol. The minimum Gasteiger partial charge on any atom is -0.467 e. The number of methoxy groups -OCH3 is 1. The zero-order valence-electron chi connectivity index (χ0n) is 7.74. The molecular formula is C8H8ClFO4S. The molecule has 0 aliphatic rings. The molecule has 1 aromatic rings. The summed E-state index contributed by atoms with van der Waals surface area (Å²) in [5.74, 6) is -0.794. The topological polar surface area (TPSA) is 52.6 Å². The summed E-state index contributed by atoms with van der Waals surface area (Å²) in [6, 6.07) is 3.24. The highest BCUT2D eigenvalue weighted by Gasteiger charge is 2.16. The Hall–Kier alpha value is -0.850. The summed E-state index contributed by atoms with van der Waals surface area (Å²) in [5.41, 5.74) is 0. The molecule has 0 saturated heterocycles. The van der Waals surface area contributed by atoms with Crippen LogP contribution in [0.3, 0.4) is 0 Å². The quantitative estimate of drug-likeness (QED) is 0.607. The summed E-state index contributed by atoms with van der Waals surface area (Å²) in [6.07, 6.45) is 0. The molecule has 0 aromatic heterocycles. The third kappa shape index (κ3) is 3.33. The Kier molecular flexibility index (Phi) is 3.90. The number of ether oxygens (including phenoxy) is 2. The van der Waals surface area contributed by atoms with Gasteiger partial charge in [0.15, 0.2) is 6.79 Å². The van der Waals surface area contributed by atoms with Gasteiger partial charge in [-0.2, -0.15) is 0 Å². The average Bonchev–Trinajstić information content (AvgIpc) is 2.12. The molecule has 1 rings (SSSR count). The van der Waals surface area contributed by atoms with Crippen LogP contribution in [0.5, 0.6) is 5.75 Å². The standard InChI is InChI=1S/C8H8ClFO4S/c1-13-5-14-6-2-3-8(7(10)4-6)15(9,11)12/h2-4H,5H2,1H3. The Morgan fingerprint density at radius 2 is 2.13 bits per heavy atom. The van der Waals surface area contributed by atoms with Crippen molar-refractivity contribution in [3.05, 3.63) is 24.0 Å². The highest BCUT2D eigenvalue weighted by Crippen LogP contribution is 2.23. The molecule has 84 valence electrons. The smallest absolute Gasteiger partial charge is 0.264 e. The van der Waals surface area contributed by atoms with Gasteiger partial charge in [-0.15, -0.1) is 0 Å². The van der Waals surface area contributed by atoms with Crippen LogP contribution in [-0.4, -0.2) is 22.3 Å². The Bertz CT molecular complexity index is 446. The van der Waals surface area contributed by atoms with Crippen LogP contribution in [0, 0.1) is 5.82 Å². The van der Waals surface area contributed by atoms with Crippen LogP contribution >= 0.6 is 10.7 Å². The summed E-state index contributed by atoms with van der Waals surface area (Å²) in [5, 5.41) is 0. The molecule has 0 amide bonds. The lowest BCUT2D eigenvalue weighted by molar-refractivity contribution is 0.0508. The Morgan fingerprint density at radius 1 is 1.47 bits per heavy atom. The molecular weight excluding hydrogens is 247 g/mol. The predicted octanol–water partition coefficient (Wildman–Crippen LogP) is 1.74. The van der Waals surface area contributed by atoms with Crippen LogP contribution in [0.1, 0.15) is 0 Å². The maximum absolute atomic E-state index is 13.2. The van der Waals surface area contributed by atoms with Crippen molar-refractivity contribution in [1.82, 2.24) is 0 Å². The molecule has 0 heterocycles. The maximum Gasteiger partial charge on any atom is 0.264 e. The van der Waals surface area contributed by atoms with E-state index in [-0.39, 0.29) is 12.5 Å². The van der Waals surface area contributed by atoms with Crippen molar-refractivity contribution in [2.45, 2.75) is 4.90 Å². The molecule has 4 nitrogen and oxygen atoms in total. The van der Waals surface area contributed by atoms with Gasteiger partial charge < -0.3 is 9.47 Å². The fourth-order valence-corrected chi connectivity index (χ4v) is 1.79. The van der Waals surface area contributed by atoms with Gasteiger partial charge in [-0.1, -0.05) is 0 Å². The molecule has 0 aliphatic carbocycles. The SMILES string of the molecule is COCOc1ccc(S(=O)(=O)Cl)c(F)c1. The van der Waals surface area contributed by atoms with Crippen molar-refractivity contribution >= 4 is 19.7 Å². The first-order valence-electron chi connectivity index (χ1n) is 3.81. The van der Waals surface area contributed by atoms with E-state index in [4.69, 9.17) is 15.4 Å². The molecule has 0 bridgehead atoms. The fourth-order valence-electron chi connectivity index (χ4n) is 0.896. The lowest BCUT2D eigenvalue weighted by Gasteiger charge is -2.05. The summed E-state index contributed by atoms with van der Waals surface area (Å²) in [4.78, 5) is -0.575. The lowest BCUT2D eigenvalue weighted by atomic mass is 10.3. The van der Waals surface area contributed by atoms with Gasteiger partial charge in [0.25, 0.3) is 9.05 Å². The molecule has 0 atom stereocenters. The van der Waals surface area contributed by atoms with Crippen molar-refractivity contribution in [3.63, 3.8) is 0 Å². The molecule has 0 spiro atoms. The van der Waals surface area contributed by atoms with Crippen LogP contribution in [0.4, 0.5) is 4.39 Å². The minimum absolute atomic E-state index is 0.0492. The molecule has 0 unspecified atom stereocenters. The summed E-state index contributed by atoms with van der Waals surface area (Å²) in [7, 11) is 2.34. The van der Waals surface area contributed by atoms with Crippen LogP contribution in [-0.2, 0) is 13.8 Å². The normalized spacial score (nSPS) is 11.4. The van der Waals surface area contributed by atoms with E-state index in [2.05, 4.69) is 4.74 Å². The third-order valence-electron chi connectivity index (χ3n) is 1.51. The van der Waals surface area contributed by atoms with E-state index in [1.165, 1.54) is 13.2 Å². The Labute approximate surface area is 91.0 Å². The second kappa shape index (κ2) is 4.78. The highest BCUT2D eigenvalue weighted by atomic mass is 35.7. The van der Waals surface area contributed by atoms with Gasteiger partial charge in [-0.3, -0.25) is 0 Å². The van der Waals surface area contributed by atoms with Crippen LogP contribution < -0.4 is 4.74 Å². The maximum atomic E-state index is 13.2. The zero-order valence-corrected chi connectivity index (χ0v) is 9.31. The van der Waals surface area contributed by atoms with E-state index in [1.54, 1.807) is 0 Å². The number of hydrogen-bond acceptors (Lipinski definition) is 4.